The largest absolute Gasteiger partial charge is 0.419 e. The number of halogens is 1. The number of hydrogen-bond acceptors (Lipinski definition) is 4. The van der Waals surface area contributed by atoms with Crippen LogP contribution in [0.15, 0.2) is 28.7 Å². The van der Waals surface area contributed by atoms with Gasteiger partial charge in [0.2, 0.25) is 11.8 Å². The third-order valence-electron chi connectivity index (χ3n) is 3.71. The van der Waals surface area contributed by atoms with E-state index in [0.29, 0.717) is 24.4 Å². The van der Waals surface area contributed by atoms with Gasteiger partial charge in [-0.3, -0.25) is 0 Å². The van der Waals surface area contributed by atoms with E-state index in [1.165, 1.54) is 44.2 Å². The average molecular weight is 275 g/mol. The molecule has 1 heterocycles. The van der Waals surface area contributed by atoms with Crippen molar-refractivity contribution in [1.82, 2.24) is 15.5 Å². The lowest BCUT2D eigenvalue weighted by Crippen LogP contribution is -2.30. The fourth-order valence-electron chi connectivity index (χ4n) is 2.57. The molecule has 2 aromatic rings. The smallest absolute Gasteiger partial charge is 0.247 e. The molecule has 0 saturated heterocycles. The van der Waals surface area contributed by atoms with Gasteiger partial charge in [-0.25, -0.2) is 4.39 Å². The van der Waals surface area contributed by atoms with Gasteiger partial charge in [0.15, 0.2) is 0 Å². The molecule has 0 atom stereocenters. The van der Waals surface area contributed by atoms with Crippen molar-refractivity contribution in [2.24, 2.45) is 0 Å². The van der Waals surface area contributed by atoms with E-state index in [0.717, 1.165) is 5.56 Å². The van der Waals surface area contributed by atoms with Crippen LogP contribution in [0.2, 0.25) is 0 Å². The van der Waals surface area contributed by atoms with Crippen molar-refractivity contribution in [2.45, 2.75) is 44.7 Å². The molecule has 20 heavy (non-hydrogen) atoms. The van der Waals surface area contributed by atoms with Crippen molar-refractivity contribution >= 4 is 0 Å². The van der Waals surface area contributed by atoms with Crippen molar-refractivity contribution < 1.29 is 8.81 Å². The van der Waals surface area contributed by atoms with Gasteiger partial charge in [0.05, 0.1) is 6.54 Å². The predicted octanol–water partition coefficient (Wildman–Crippen LogP) is 3.30. The standard InChI is InChI=1S/C15H18FN3O/c16-12-8-6-11(7-9-12)15-19-18-14(20-15)10-17-13-4-2-1-3-5-13/h6-9,13,17H,1-5,10H2. The van der Waals surface area contributed by atoms with Crippen molar-refractivity contribution in [3.05, 3.63) is 36.0 Å². The summed E-state index contributed by atoms with van der Waals surface area (Å²) in [5, 5.41) is 11.5. The first kappa shape index (κ1) is 13.2. The molecule has 3 rings (SSSR count). The molecule has 0 aliphatic heterocycles. The van der Waals surface area contributed by atoms with E-state index in [1.54, 1.807) is 12.1 Å². The van der Waals surface area contributed by atoms with E-state index in [1.807, 2.05) is 0 Å². The minimum absolute atomic E-state index is 0.271. The third kappa shape index (κ3) is 3.22. The van der Waals surface area contributed by atoms with Gasteiger partial charge in [-0.05, 0) is 37.1 Å². The van der Waals surface area contributed by atoms with Crippen molar-refractivity contribution in [1.29, 1.82) is 0 Å². The first-order chi connectivity index (χ1) is 9.81. The van der Waals surface area contributed by atoms with Crippen molar-refractivity contribution in [3.8, 4) is 11.5 Å². The van der Waals surface area contributed by atoms with Crippen molar-refractivity contribution in [2.75, 3.05) is 0 Å². The molecule has 1 fully saturated rings. The molecule has 0 bridgehead atoms. The molecule has 1 aliphatic rings. The number of benzene rings is 1. The molecule has 1 saturated carbocycles. The molecule has 1 aromatic carbocycles. The molecule has 0 amide bonds. The summed E-state index contributed by atoms with van der Waals surface area (Å²) in [4.78, 5) is 0. The normalized spacial score (nSPS) is 16.4. The van der Waals surface area contributed by atoms with Crippen LogP contribution in [0.3, 0.4) is 0 Å². The third-order valence-corrected chi connectivity index (χ3v) is 3.71. The van der Waals surface area contributed by atoms with Crippen LogP contribution >= 0.6 is 0 Å². The molecular formula is C15H18FN3O. The maximum Gasteiger partial charge on any atom is 0.247 e. The number of nitrogens with zero attached hydrogens (tertiary/aromatic N) is 2. The Bertz CT molecular complexity index is 547. The number of nitrogens with one attached hydrogen (secondary N) is 1. The molecule has 106 valence electrons. The monoisotopic (exact) mass is 275 g/mol. The van der Waals surface area contributed by atoms with E-state index < -0.39 is 0 Å². The van der Waals surface area contributed by atoms with Crippen LogP contribution in [0.1, 0.15) is 38.0 Å². The highest BCUT2D eigenvalue weighted by molar-refractivity contribution is 5.51. The van der Waals surface area contributed by atoms with Gasteiger partial charge in [-0.15, -0.1) is 10.2 Å². The molecule has 0 radical (unpaired) electrons. The van der Waals surface area contributed by atoms with Gasteiger partial charge in [0, 0.05) is 11.6 Å². The lowest BCUT2D eigenvalue weighted by Gasteiger charge is -2.21. The molecule has 4 nitrogen and oxygen atoms in total. The Morgan fingerprint density at radius 1 is 1.10 bits per heavy atom. The number of aromatic nitrogens is 2. The summed E-state index contributed by atoms with van der Waals surface area (Å²) in [6.45, 7) is 0.596. The molecule has 1 aliphatic carbocycles. The molecular weight excluding hydrogens is 257 g/mol. The second-order valence-corrected chi connectivity index (χ2v) is 5.22. The van der Waals surface area contributed by atoms with Gasteiger partial charge in [-0.2, -0.15) is 0 Å². The summed E-state index contributed by atoms with van der Waals surface area (Å²) in [6.07, 6.45) is 6.37. The summed E-state index contributed by atoms with van der Waals surface area (Å²) in [5.74, 6) is 0.743. The first-order valence-corrected chi connectivity index (χ1v) is 7.13. The SMILES string of the molecule is Fc1ccc(-c2nnc(CNC3CCCCC3)o2)cc1. The fourth-order valence-corrected chi connectivity index (χ4v) is 2.57. The maximum atomic E-state index is 12.9. The molecule has 0 spiro atoms. The highest BCUT2D eigenvalue weighted by Gasteiger charge is 2.14. The second kappa shape index (κ2) is 6.13. The van der Waals surface area contributed by atoms with E-state index in [2.05, 4.69) is 15.5 Å². The highest BCUT2D eigenvalue weighted by Crippen LogP contribution is 2.20. The summed E-state index contributed by atoms with van der Waals surface area (Å²) in [5.41, 5.74) is 0.739. The lowest BCUT2D eigenvalue weighted by atomic mass is 9.95. The minimum Gasteiger partial charge on any atom is -0.419 e. The zero-order chi connectivity index (χ0) is 13.8. The Labute approximate surface area is 117 Å². The Kier molecular flexibility index (Phi) is 4.06. The zero-order valence-corrected chi connectivity index (χ0v) is 11.3. The van der Waals surface area contributed by atoms with E-state index in [4.69, 9.17) is 4.42 Å². The summed E-state index contributed by atoms with van der Waals surface area (Å²) in [7, 11) is 0. The first-order valence-electron chi connectivity index (χ1n) is 7.13. The zero-order valence-electron chi connectivity index (χ0n) is 11.3. The summed E-state index contributed by atoms with van der Waals surface area (Å²) >= 11 is 0. The van der Waals surface area contributed by atoms with Crippen LogP contribution in [0, 0.1) is 5.82 Å². The molecule has 0 unspecified atom stereocenters. The predicted molar refractivity (Wildman–Crippen MR) is 73.4 cm³/mol. The summed E-state index contributed by atoms with van der Waals surface area (Å²) < 4.78 is 18.5. The number of rotatable bonds is 4. The minimum atomic E-state index is -0.271. The van der Waals surface area contributed by atoms with Crippen LogP contribution in [0.25, 0.3) is 11.5 Å². The van der Waals surface area contributed by atoms with Gasteiger partial charge in [0.25, 0.3) is 0 Å². The van der Waals surface area contributed by atoms with E-state index in [9.17, 15) is 4.39 Å². The fraction of sp³-hybridized carbons (Fsp3) is 0.467. The maximum absolute atomic E-state index is 12.9. The van der Waals surface area contributed by atoms with Gasteiger partial charge in [0.1, 0.15) is 5.82 Å². The topological polar surface area (TPSA) is 51.0 Å². The van der Waals surface area contributed by atoms with Gasteiger partial charge < -0.3 is 9.73 Å². The quantitative estimate of drug-likeness (QED) is 0.930. The highest BCUT2D eigenvalue weighted by atomic mass is 19.1. The average Bonchev–Trinajstić information content (AvgIpc) is 2.96. The van der Waals surface area contributed by atoms with Crippen LogP contribution in [-0.4, -0.2) is 16.2 Å². The van der Waals surface area contributed by atoms with Crippen LogP contribution in [0.5, 0.6) is 0 Å². The van der Waals surface area contributed by atoms with Crippen LogP contribution in [0.4, 0.5) is 4.39 Å². The Hall–Kier alpha value is -1.75. The second-order valence-electron chi connectivity index (χ2n) is 5.22. The summed E-state index contributed by atoms with van der Waals surface area (Å²) in [6, 6.07) is 6.62. The van der Waals surface area contributed by atoms with E-state index in [-0.39, 0.29) is 5.82 Å². The molecule has 1 aromatic heterocycles. The van der Waals surface area contributed by atoms with Gasteiger partial charge in [-0.1, -0.05) is 19.3 Å². The van der Waals surface area contributed by atoms with Crippen LogP contribution < -0.4 is 5.32 Å². The lowest BCUT2D eigenvalue weighted by molar-refractivity contribution is 0.354. The van der Waals surface area contributed by atoms with Gasteiger partial charge >= 0.3 is 0 Å². The van der Waals surface area contributed by atoms with E-state index >= 15 is 0 Å². The number of hydrogen-bond donors (Lipinski definition) is 1. The van der Waals surface area contributed by atoms with Crippen molar-refractivity contribution in [3.63, 3.8) is 0 Å². The molecule has 5 heteroatoms. The Balaban J connectivity index is 1.60. The molecule has 1 N–H and O–H groups in total. The Morgan fingerprint density at radius 2 is 1.85 bits per heavy atom. The Morgan fingerprint density at radius 3 is 2.60 bits per heavy atom. The van der Waals surface area contributed by atoms with Crippen LogP contribution in [-0.2, 0) is 6.54 Å².